The third-order valence-electron chi connectivity index (χ3n) is 2.70. The van der Waals surface area contributed by atoms with Gasteiger partial charge in [-0.1, -0.05) is 0 Å². The second-order valence-electron chi connectivity index (χ2n) is 4.44. The largest absolute Gasteiger partial charge is 0.480 e. The number of hydrogen-bond donors (Lipinski definition) is 2. The van der Waals surface area contributed by atoms with Crippen LogP contribution >= 0.6 is 0 Å². The summed E-state index contributed by atoms with van der Waals surface area (Å²) in [6.07, 6.45) is 0. The number of nitro groups is 1. The molecule has 0 heterocycles. The van der Waals surface area contributed by atoms with Crippen LogP contribution in [0.3, 0.4) is 0 Å². The summed E-state index contributed by atoms with van der Waals surface area (Å²) in [6.45, 7) is 3.05. The highest BCUT2D eigenvalue weighted by atomic mass is 16.6. The van der Waals surface area contributed by atoms with E-state index in [1.165, 1.54) is 17.0 Å². The van der Waals surface area contributed by atoms with Crippen LogP contribution in [0.1, 0.15) is 24.2 Å². The Morgan fingerprint density at radius 1 is 1.45 bits per heavy atom. The average Bonchev–Trinajstić information content (AvgIpc) is 2.34. The van der Waals surface area contributed by atoms with Gasteiger partial charge in [0.15, 0.2) is 0 Å². The zero-order valence-electron chi connectivity index (χ0n) is 11.1. The highest BCUT2D eigenvalue weighted by Crippen LogP contribution is 2.30. The quantitative estimate of drug-likeness (QED) is 0.591. The number of rotatable bonds is 6. The number of carboxylic acids is 1. The van der Waals surface area contributed by atoms with E-state index in [1.54, 1.807) is 13.8 Å². The number of hydrogen-bond acceptors (Lipinski definition) is 5. The number of nitrogens with two attached hydrogens (primary N) is 1. The molecule has 20 heavy (non-hydrogen) atoms. The van der Waals surface area contributed by atoms with Gasteiger partial charge >= 0.3 is 5.97 Å². The zero-order valence-corrected chi connectivity index (χ0v) is 11.1. The van der Waals surface area contributed by atoms with Gasteiger partial charge in [0.2, 0.25) is 5.91 Å². The summed E-state index contributed by atoms with van der Waals surface area (Å²) in [4.78, 5) is 33.7. The third-order valence-corrected chi connectivity index (χ3v) is 2.70. The van der Waals surface area contributed by atoms with Crippen molar-refractivity contribution in [2.24, 2.45) is 5.73 Å². The Labute approximate surface area is 114 Å². The van der Waals surface area contributed by atoms with Crippen LogP contribution in [0.25, 0.3) is 0 Å². The molecule has 108 valence electrons. The normalized spacial score (nSPS) is 10.3. The maximum atomic E-state index is 11.1. The fourth-order valence-corrected chi connectivity index (χ4v) is 1.76. The maximum absolute atomic E-state index is 11.1. The molecular weight excluding hydrogens is 266 g/mol. The molecule has 0 aliphatic rings. The summed E-state index contributed by atoms with van der Waals surface area (Å²) in [5, 5.41) is 20.0. The lowest BCUT2D eigenvalue weighted by molar-refractivity contribution is -0.384. The van der Waals surface area contributed by atoms with Gasteiger partial charge < -0.3 is 15.7 Å². The summed E-state index contributed by atoms with van der Waals surface area (Å²) >= 11 is 0. The van der Waals surface area contributed by atoms with Crippen molar-refractivity contribution in [2.75, 3.05) is 11.4 Å². The van der Waals surface area contributed by atoms with Gasteiger partial charge in [0.1, 0.15) is 12.2 Å². The van der Waals surface area contributed by atoms with Crippen LogP contribution in [-0.4, -0.2) is 34.5 Å². The predicted octanol–water partition coefficient (Wildman–Crippen LogP) is 0.993. The fourth-order valence-electron chi connectivity index (χ4n) is 1.76. The van der Waals surface area contributed by atoms with E-state index in [2.05, 4.69) is 0 Å². The summed E-state index contributed by atoms with van der Waals surface area (Å²) < 4.78 is 0. The number of benzene rings is 1. The second kappa shape index (κ2) is 6.00. The standard InChI is InChI=1S/C12H15N3O5/c1-7(2)14(6-11(16)17)9-4-3-8(12(13)18)5-10(9)15(19)20/h3-5,7H,6H2,1-2H3,(H2,13,18)(H,16,17). The van der Waals surface area contributed by atoms with Gasteiger partial charge in [-0.2, -0.15) is 0 Å². The van der Waals surface area contributed by atoms with Crippen LogP contribution in [0.5, 0.6) is 0 Å². The van der Waals surface area contributed by atoms with E-state index in [1.807, 2.05) is 0 Å². The van der Waals surface area contributed by atoms with E-state index < -0.39 is 16.8 Å². The van der Waals surface area contributed by atoms with Gasteiger partial charge in [-0.05, 0) is 26.0 Å². The Hall–Kier alpha value is -2.64. The van der Waals surface area contributed by atoms with Gasteiger partial charge in [-0.15, -0.1) is 0 Å². The Morgan fingerprint density at radius 2 is 2.05 bits per heavy atom. The molecule has 0 saturated heterocycles. The lowest BCUT2D eigenvalue weighted by Crippen LogP contribution is -2.36. The number of carbonyl (C=O) groups excluding carboxylic acids is 1. The van der Waals surface area contributed by atoms with Crippen LogP contribution < -0.4 is 10.6 Å². The first-order valence-corrected chi connectivity index (χ1v) is 5.80. The lowest BCUT2D eigenvalue weighted by Gasteiger charge is -2.26. The van der Waals surface area contributed by atoms with Crippen molar-refractivity contribution < 1.29 is 19.6 Å². The number of anilines is 1. The minimum absolute atomic E-state index is 0.000480. The predicted molar refractivity (Wildman–Crippen MR) is 71.7 cm³/mol. The summed E-state index contributed by atoms with van der Waals surface area (Å²) in [5.41, 5.74) is 4.87. The highest BCUT2D eigenvalue weighted by Gasteiger charge is 2.24. The molecule has 1 aromatic rings. The van der Waals surface area contributed by atoms with Crippen molar-refractivity contribution >= 4 is 23.3 Å². The van der Waals surface area contributed by atoms with Gasteiger partial charge in [-0.25, -0.2) is 0 Å². The van der Waals surface area contributed by atoms with Crippen LogP contribution in [0.4, 0.5) is 11.4 Å². The lowest BCUT2D eigenvalue weighted by atomic mass is 10.1. The van der Waals surface area contributed by atoms with Gasteiger partial charge in [0.25, 0.3) is 5.69 Å². The minimum atomic E-state index is -1.10. The Bertz CT molecular complexity index is 556. The number of amides is 1. The van der Waals surface area contributed by atoms with Gasteiger partial charge in [0.05, 0.1) is 4.92 Å². The number of carboxylic acid groups (broad SMARTS) is 1. The summed E-state index contributed by atoms with van der Waals surface area (Å²) in [6, 6.07) is 3.46. The zero-order chi connectivity index (χ0) is 15.4. The first-order chi connectivity index (χ1) is 9.23. The fraction of sp³-hybridized carbons (Fsp3) is 0.333. The molecule has 3 N–H and O–H groups in total. The molecule has 0 saturated carbocycles. The number of primary amides is 1. The summed E-state index contributed by atoms with van der Waals surface area (Å²) in [7, 11) is 0. The first kappa shape index (κ1) is 15.4. The number of nitrogens with zero attached hydrogens (tertiary/aromatic N) is 2. The van der Waals surface area contributed by atoms with Crippen molar-refractivity contribution in [2.45, 2.75) is 19.9 Å². The van der Waals surface area contributed by atoms with Crippen LogP contribution in [0.15, 0.2) is 18.2 Å². The number of carbonyl (C=O) groups is 2. The molecular formula is C12H15N3O5. The first-order valence-electron chi connectivity index (χ1n) is 5.80. The monoisotopic (exact) mass is 281 g/mol. The van der Waals surface area contributed by atoms with E-state index in [4.69, 9.17) is 10.8 Å². The van der Waals surface area contributed by atoms with Crippen molar-refractivity contribution in [3.63, 3.8) is 0 Å². The minimum Gasteiger partial charge on any atom is -0.480 e. The molecule has 1 rings (SSSR count). The van der Waals surface area contributed by atoms with E-state index in [-0.39, 0.29) is 29.5 Å². The van der Waals surface area contributed by atoms with E-state index >= 15 is 0 Å². The van der Waals surface area contributed by atoms with Crippen molar-refractivity contribution in [3.05, 3.63) is 33.9 Å². The number of nitro benzene ring substituents is 1. The maximum Gasteiger partial charge on any atom is 0.323 e. The molecule has 0 atom stereocenters. The molecule has 0 aliphatic heterocycles. The van der Waals surface area contributed by atoms with E-state index in [9.17, 15) is 19.7 Å². The van der Waals surface area contributed by atoms with Crippen molar-refractivity contribution in [1.29, 1.82) is 0 Å². The summed E-state index contributed by atoms with van der Waals surface area (Å²) in [5.74, 6) is -1.89. The van der Waals surface area contributed by atoms with Gasteiger partial charge in [0, 0.05) is 17.7 Å². The topological polar surface area (TPSA) is 127 Å². The highest BCUT2D eigenvalue weighted by molar-refractivity contribution is 5.94. The molecule has 0 bridgehead atoms. The molecule has 8 nitrogen and oxygen atoms in total. The molecule has 8 heteroatoms. The molecule has 0 spiro atoms. The van der Waals surface area contributed by atoms with E-state index in [0.717, 1.165) is 6.07 Å². The average molecular weight is 281 g/mol. The molecule has 0 radical (unpaired) electrons. The van der Waals surface area contributed by atoms with Crippen molar-refractivity contribution in [3.8, 4) is 0 Å². The second-order valence-corrected chi connectivity index (χ2v) is 4.44. The molecule has 1 aromatic carbocycles. The molecule has 0 unspecified atom stereocenters. The molecule has 0 aromatic heterocycles. The molecule has 0 fully saturated rings. The smallest absolute Gasteiger partial charge is 0.323 e. The van der Waals surface area contributed by atoms with Crippen LogP contribution in [0.2, 0.25) is 0 Å². The van der Waals surface area contributed by atoms with Gasteiger partial charge in [-0.3, -0.25) is 19.7 Å². The SMILES string of the molecule is CC(C)N(CC(=O)O)c1ccc(C(N)=O)cc1[N+](=O)[O-]. The Kier molecular flexibility index (Phi) is 4.63. The van der Waals surface area contributed by atoms with Crippen LogP contribution in [-0.2, 0) is 4.79 Å². The molecule has 1 amide bonds. The molecule has 0 aliphatic carbocycles. The van der Waals surface area contributed by atoms with E-state index in [0.29, 0.717) is 0 Å². The number of aliphatic carboxylic acids is 1. The van der Waals surface area contributed by atoms with Crippen LogP contribution in [0, 0.1) is 10.1 Å². The van der Waals surface area contributed by atoms with Crippen molar-refractivity contribution in [1.82, 2.24) is 0 Å². The Balaban J connectivity index is 3.37. The Morgan fingerprint density at radius 3 is 2.45 bits per heavy atom. The third kappa shape index (κ3) is 3.44.